The highest BCUT2D eigenvalue weighted by Gasteiger charge is 2.57. The van der Waals surface area contributed by atoms with E-state index in [0.717, 1.165) is 7.11 Å². The summed E-state index contributed by atoms with van der Waals surface area (Å²) in [5, 5.41) is 2.47. The molecule has 0 saturated carbocycles. The first kappa shape index (κ1) is 14.6. The molecule has 6 nitrogen and oxygen atoms in total. The monoisotopic (exact) mass is 257 g/mol. The first-order valence-corrected chi connectivity index (χ1v) is 5.70. The van der Waals surface area contributed by atoms with Crippen molar-refractivity contribution in [1.82, 2.24) is 5.32 Å². The number of rotatable bonds is 3. The molecule has 0 spiro atoms. The summed E-state index contributed by atoms with van der Waals surface area (Å²) in [5.41, 5.74) is -2.18. The van der Waals surface area contributed by atoms with Crippen molar-refractivity contribution < 1.29 is 23.9 Å². The number of esters is 1. The van der Waals surface area contributed by atoms with Crippen LogP contribution in [0.4, 0.5) is 0 Å². The normalized spacial score (nSPS) is 28.2. The van der Waals surface area contributed by atoms with Crippen LogP contribution in [-0.4, -0.2) is 43.0 Å². The molecule has 0 aliphatic carbocycles. The Kier molecular flexibility index (Phi) is 3.81. The minimum atomic E-state index is -1.76. The van der Waals surface area contributed by atoms with Crippen LogP contribution in [0.5, 0.6) is 0 Å². The lowest BCUT2D eigenvalue weighted by atomic mass is 9.86. The lowest BCUT2D eigenvalue weighted by molar-refractivity contribution is -0.158. The Labute approximate surface area is 106 Å². The number of methoxy groups -OCH3 is 1. The molecular formula is C12H19NO5. The van der Waals surface area contributed by atoms with Crippen molar-refractivity contribution in [3.05, 3.63) is 0 Å². The average Bonchev–Trinajstić information content (AvgIpc) is 2.50. The van der Waals surface area contributed by atoms with Gasteiger partial charge in [0.15, 0.2) is 5.78 Å². The predicted octanol–water partition coefficient (Wildman–Crippen LogP) is 0.0483. The highest BCUT2D eigenvalue weighted by Crippen LogP contribution is 2.28. The number of ether oxygens (including phenoxy) is 2. The smallest absolute Gasteiger partial charge is 0.328 e. The summed E-state index contributed by atoms with van der Waals surface area (Å²) in [6.45, 7) is 6.84. The molecule has 0 radical (unpaired) electrons. The molecule has 6 heteroatoms. The van der Waals surface area contributed by atoms with Gasteiger partial charge in [0.1, 0.15) is 6.04 Å². The van der Waals surface area contributed by atoms with Gasteiger partial charge in [-0.05, 0) is 27.7 Å². The van der Waals surface area contributed by atoms with Crippen molar-refractivity contribution in [2.45, 2.75) is 39.3 Å². The summed E-state index contributed by atoms with van der Waals surface area (Å²) in [6, 6.07) is -0.805. The Morgan fingerprint density at radius 3 is 2.39 bits per heavy atom. The molecule has 0 aromatic heterocycles. The predicted molar refractivity (Wildman–Crippen MR) is 62.8 cm³/mol. The first-order valence-electron chi connectivity index (χ1n) is 5.70. The third kappa shape index (κ3) is 2.53. The minimum absolute atomic E-state index is 0.0423. The van der Waals surface area contributed by atoms with Gasteiger partial charge >= 0.3 is 5.97 Å². The molecule has 1 saturated heterocycles. The fourth-order valence-electron chi connectivity index (χ4n) is 1.68. The molecular weight excluding hydrogens is 238 g/mol. The van der Waals surface area contributed by atoms with Crippen LogP contribution >= 0.6 is 0 Å². The van der Waals surface area contributed by atoms with Gasteiger partial charge in [-0.1, -0.05) is 0 Å². The summed E-state index contributed by atoms with van der Waals surface area (Å²) in [5.74, 6) is -1.99. The summed E-state index contributed by atoms with van der Waals surface area (Å²) in [7, 11) is 1.15. The molecule has 1 fully saturated rings. The molecule has 18 heavy (non-hydrogen) atoms. The minimum Gasteiger partial charge on any atom is -0.468 e. The molecule has 0 unspecified atom stereocenters. The molecule has 102 valence electrons. The number of hydrogen-bond acceptors (Lipinski definition) is 5. The topological polar surface area (TPSA) is 81.7 Å². The Bertz CT molecular complexity index is 384. The first-order chi connectivity index (χ1) is 8.13. The van der Waals surface area contributed by atoms with Crippen LogP contribution in [0.25, 0.3) is 0 Å². The number of amides is 1. The third-order valence-electron chi connectivity index (χ3n) is 2.85. The SMILES string of the molecule is COC(=O)[C@]1(C)C(=O)N[C@@H](COC(C)(C)C)C1=O. The zero-order valence-corrected chi connectivity index (χ0v) is 11.3. The summed E-state index contributed by atoms with van der Waals surface area (Å²) in [4.78, 5) is 35.4. The second-order valence-electron chi connectivity index (χ2n) is 5.43. The maximum absolute atomic E-state index is 12.1. The highest BCUT2D eigenvalue weighted by molar-refractivity contribution is 6.27. The van der Waals surface area contributed by atoms with Gasteiger partial charge < -0.3 is 14.8 Å². The Morgan fingerprint density at radius 1 is 1.39 bits per heavy atom. The maximum atomic E-state index is 12.1. The van der Waals surface area contributed by atoms with Crippen LogP contribution in [0.15, 0.2) is 0 Å². The van der Waals surface area contributed by atoms with E-state index in [0.29, 0.717) is 0 Å². The van der Waals surface area contributed by atoms with E-state index in [2.05, 4.69) is 10.1 Å². The van der Waals surface area contributed by atoms with Gasteiger partial charge in [-0.15, -0.1) is 0 Å². The van der Waals surface area contributed by atoms with E-state index < -0.39 is 34.7 Å². The van der Waals surface area contributed by atoms with E-state index in [1.165, 1.54) is 6.92 Å². The van der Waals surface area contributed by atoms with Gasteiger partial charge in [0.25, 0.3) is 0 Å². The quantitative estimate of drug-likeness (QED) is 0.570. The van der Waals surface area contributed by atoms with Crippen molar-refractivity contribution in [2.24, 2.45) is 5.41 Å². The van der Waals surface area contributed by atoms with Crippen LogP contribution in [0, 0.1) is 5.41 Å². The van der Waals surface area contributed by atoms with Crippen LogP contribution in [0.2, 0.25) is 0 Å². The van der Waals surface area contributed by atoms with Crippen LogP contribution in [-0.2, 0) is 23.9 Å². The van der Waals surface area contributed by atoms with Gasteiger partial charge in [0.2, 0.25) is 11.3 Å². The summed E-state index contributed by atoms with van der Waals surface area (Å²) >= 11 is 0. The Balaban J connectivity index is 2.82. The molecule has 0 bridgehead atoms. The molecule has 1 aliphatic rings. The van der Waals surface area contributed by atoms with E-state index >= 15 is 0 Å². The molecule has 1 aliphatic heterocycles. The highest BCUT2D eigenvalue weighted by atomic mass is 16.5. The van der Waals surface area contributed by atoms with E-state index in [1.807, 2.05) is 20.8 Å². The third-order valence-corrected chi connectivity index (χ3v) is 2.85. The molecule has 0 aromatic rings. The summed E-state index contributed by atoms with van der Waals surface area (Å²) in [6.07, 6.45) is 0. The van der Waals surface area contributed by atoms with Crippen LogP contribution < -0.4 is 5.32 Å². The molecule has 1 N–H and O–H groups in total. The number of Topliss-reactive ketones (excluding diaryl/α,β-unsaturated/α-hetero) is 1. The van der Waals surface area contributed by atoms with Crippen LogP contribution in [0.1, 0.15) is 27.7 Å². The molecule has 1 heterocycles. The van der Waals surface area contributed by atoms with Crippen molar-refractivity contribution in [3.8, 4) is 0 Å². The standard InChI is InChI=1S/C12H19NO5/c1-11(2,3)18-6-7-8(14)12(4,9(15)13-7)10(16)17-5/h7H,6H2,1-5H3,(H,13,15)/t7-,12-/m0/s1. The average molecular weight is 257 g/mol. The van der Waals surface area contributed by atoms with Crippen LogP contribution in [0.3, 0.4) is 0 Å². The van der Waals surface area contributed by atoms with Gasteiger partial charge in [-0.25, -0.2) is 0 Å². The van der Waals surface area contributed by atoms with Gasteiger partial charge in [-0.3, -0.25) is 14.4 Å². The Hall–Kier alpha value is -1.43. The van der Waals surface area contributed by atoms with E-state index in [4.69, 9.17) is 4.74 Å². The van der Waals surface area contributed by atoms with Crippen molar-refractivity contribution in [2.75, 3.05) is 13.7 Å². The number of carbonyl (C=O) groups is 3. The van der Waals surface area contributed by atoms with Gasteiger partial charge in [0, 0.05) is 0 Å². The van der Waals surface area contributed by atoms with E-state index in [9.17, 15) is 14.4 Å². The second-order valence-corrected chi connectivity index (χ2v) is 5.43. The molecule has 0 aromatic carbocycles. The lowest BCUT2D eigenvalue weighted by Crippen LogP contribution is -2.42. The number of ketones is 1. The van der Waals surface area contributed by atoms with Crippen molar-refractivity contribution >= 4 is 17.7 Å². The Morgan fingerprint density at radius 2 is 1.94 bits per heavy atom. The summed E-state index contributed by atoms with van der Waals surface area (Å²) < 4.78 is 9.96. The zero-order chi connectivity index (χ0) is 14.1. The van der Waals surface area contributed by atoms with E-state index in [-0.39, 0.29) is 6.61 Å². The lowest BCUT2D eigenvalue weighted by Gasteiger charge is -2.22. The zero-order valence-electron chi connectivity index (χ0n) is 11.3. The largest absolute Gasteiger partial charge is 0.468 e. The molecule has 2 atom stereocenters. The number of carbonyl (C=O) groups excluding carboxylic acids is 3. The molecule has 1 amide bonds. The van der Waals surface area contributed by atoms with Crippen molar-refractivity contribution in [3.63, 3.8) is 0 Å². The fraction of sp³-hybridized carbons (Fsp3) is 0.750. The van der Waals surface area contributed by atoms with E-state index in [1.54, 1.807) is 0 Å². The second kappa shape index (κ2) is 4.68. The van der Waals surface area contributed by atoms with Gasteiger partial charge in [-0.2, -0.15) is 0 Å². The van der Waals surface area contributed by atoms with Gasteiger partial charge in [0.05, 0.1) is 19.3 Å². The van der Waals surface area contributed by atoms with Crippen molar-refractivity contribution in [1.29, 1.82) is 0 Å². The fourth-order valence-corrected chi connectivity index (χ4v) is 1.68. The maximum Gasteiger partial charge on any atom is 0.328 e. The number of hydrogen-bond donors (Lipinski definition) is 1. The molecule has 1 rings (SSSR count). The number of nitrogens with one attached hydrogen (secondary N) is 1.